The molecule has 1 aromatic rings. The van der Waals surface area contributed by atoms with E-state index in [1.54, 1.807) is 0 Å². The van der Waals surface area contributed by atoms with Crippen molar-refractivity contribution in [2.24, 2.45) is 4.99 Å². The third kappa shape index (κ3) is 6.36. The summed E-state index contributed by atoms with van der Waals surface area (Å²) in [4.78, 5) is 8.66. The Balaban J connectivity index is 0.00000220. The first-order chi connectivity index (χ1) is 9.83. The minimum atomic E-state index is 0. The van der Waals surface area contributed by atoms with Gasteiger partial charge in [-0.3, -0.25) is 4.99 Å². The van der Waals surface area contributed by atoms with Gasteiger partial charge in [0.1, 0.15) is 0 Å². The van der Waals surface area contributed by atoms with E-state index in [1.807, 2.05) is 11.3 Å². The highest BCUT2D eigenvalue weighted by atomic mass is 127. The Morgan fingerprint density at radius 2 is 2.33 bits per heavy atom. The molecule has 0 spiro atoms. The van der Waals surface area contributed by atoms with E-state index in [0.29, 0.717) is 0 Å². The van der Waals surface area contributed by atoms with Crippen LogP contribution in [0.1, 0.15) is 25.1 Å². The molecule has 1 unspecified atom stereocenters. The predicted molar refractivity (Wildman–Crippen MR) is 108 cm³/mol. The highest BCUT2D eigenvalue weighted by Crippen LogP contribution is 2.21. The summed E-state index contributed by atoms with van der Waals surface area (Å²) in [5, 5.41) is 6.34. The standard InChI is InChI=1S/C15H25N3S2.HI/c1-3-13-12-18(9-11-20-13)15(16-4-2)17-8-7-14-6-5-10-19-14;/h5-6,10,13H,3-4,7-9,11-12H2,1-2H3,(H,16,17);1H. The van der Waals surface area contributed by atoms with Crippen molar-refractivity contribution in [3.63, 3.8) is 0 Å². The smallest absolute Gasteiger partial charge is 0.193 e. The summed E-state index contributed by atoms with van der Waals surface area (Å²) < 4.78 is 0. The molecule has 1 aromatic heterocycles. The average Bonchev–Trinajstić information content (AvgIpc) is 3.00. The van der Waals surface area contributed by atoms with Crippen molar-refractivity contribution >= 4 is 53.0 Å². The van der Waals surface area contributed by atoms with E-state index in [-0.39, 0.29) is 24.0 Å². The van der Waals surface area contributed by atoms with E-state index in [2.05, 4.69) is 53.3 Å². The van der Waals surface area contributed by atoms with Crippen LogP contribution in [0.2, 0.25) is 0 Å². The first-order valence-corrected chi connectivity index (χ1v) is 9.43. The molecule has 0 aliphatic carbocycles. The zero-order chi connectivity index (χ0) is 14.2. The van der Waals surface area contributed by atoms with Crippen LogP contribution < -0.4 is 5.32 Å². The second-order valence-corrected chi connectivity index (χ2v) is 7.35. The van der Waals surface area contributed by atoms with Gasteiger partial charge >= 0.3 is 0 Å². The molecule has 0 aromatic carbocycles. The van der Waals surface area contributed by atoms with Crippen LogP contribution in [-0.2, 0) is 6.42 Å². The van der Waals surface area contributed by atoms with Gasteiger partial charge in [0.2, 0.25) is 0 Å². The minimum absolute atomic E-state index is 0. The minimum Gasteiger partial charge on any atom is -0.357 e. The lowest BCUT2D eigenvalue weighted by molar-refractivity contribution is 0.408. The van der Waals surface area contributed by atoms with Gasteiger partial charge < -0.3 is 10.2 Å². The molecule has 21 heavy (non-hydrogen) atoms. The van der Waals surface area contributed by atoms with Crippen LogP contribution in [0.25, 0.3) is 0 Å². The summed E-state index contributed by atoms with van der Waals surface area (Å²) in [5.74, 6) is 2.32. The van der Waals surface area contributed by atoms with E-state index >= 15 is 0 Å². The highest BCUT2D eigenvalue weighted by molar-refractivity contribution is 14.0. The number of nitrogens with zero attached hydrogens (tertiary/aromatic N) is 2. The number of halogens is 1. The number of aliphatic imine (C=N–C) groups is 1. The van der Waals surface area contributed by atoms with E-state index in [1.165, 1.54) is 17.1 Å². The van der Waals surface area contributed by atoms with Crippen LogP contribution in [0, 0.1) is 0 Å². The second kappa shape index (κ2) is 10.7. The van der Waals surface area contributed by atoms with Gasteiger partial charge in [-0.1, -0.05) is 13.0 Å². The number of nitrogens with one attached hydrogen (secondary N) is 1. The van der Waals surface area contributed by atoms with E-state index < -0.39 is 0 Å². The van der Waals surface area contributed by atoms with E-state index in [4.69, 9.17) is 4.99 Å². The van der Waals surface area contributed by atoms with Gasteiger partial charge in [-0.2, -0.15) is 11.8 Å². The SMILES string of the molecule is CCNC(=NCCc1cccs1)N1CCSC(CC)C1.I. The van der Waals surface area contributed by atoms with Crippen molar-refractivity contribution < 1.29 is 0 Å². The Morgan fingerprint density at radius 1 is 1.48 bits per heavy atom. The lowest BCUT2D eigenvalue weighted by Crippen LogP contribution is -2.48. The van der Waals surface area contributed by atoms with Gasteiger partial charge in [0.25, 0.3) is 0 Å². The molecule has 1 fully saturated rings. The maximum absolute atomic E-state index is 4.81. The zero-order valence-corrected chi connectivity index (χ0v) is 16.8. The molecule has 0 radical (unpaired) electrons. The Labute approximate surface area is 154 Å². The van der Waals surface area contributed by atoms with Gasteiger partial charge in [-0.15, -0.1) is 35.3 Å². The Hall–Kier alpha value is 0.0500. The number of hydrogen-bond donors (Lipinski definition) is 1. The summed E-state index contributed by atoms with van der Waals surface area (Å²) in [5.41, 5.74) is 0. The summed E-state index contributed by atoms with van der Waals surface area (Å²) in [6.45, 7) is 8.49. The fourth-order valence-electron chi connectivity index (χ4n) is 2.31. The van der Waals surface area contributed by atoms with Crippen LogP contribution in [0.15, 0.2) is 22.5 Å². The first-order valence-electron chi connectivity index (χ1n) is 7.50. The normalized spacial score (nSPS) is 19.2. The number of guanidine groups is 1. The molecule has 2 rings (SSSR count). The molecule has 2 heterocycles. The largest absolute Gasteiger partial charge is 0.357 e. The molecule has 6 heteroatoms. The van der Waals surface area contributed by atoms with Gasteiger partial charge in [0.05, 0.1) is 0 Å². The van der Waals surface area contributed by atoms with Gasteiger partial charge in [0.15, 0.2) is 5.96 Å². The topological polar surface area (TPSA) is 27.6 Å². The van der Waals surface area contributed by atoms with Crippen molar-refractivity contribution in [3.05, 3.63) is 22.4 Å². The van der Waals surface area contributed by atoms with E-state index in [9.17, 15) is 0 Å². The van der Waals surface area contributed by atoms with Gasteiger partial charge in [-0.05, 0) is 24.8 Å². The van der Waals surface area contributed by atoms with Crippen LogP contribution in [-0.4, -0.2) is 48.0 Å². The fourth-order valence-corrected chi connectivity index (χ4v) is 4.19. The molecular weight excluding hydrogens is 413 g/mol. The molecule has 1 saturated heterocycles. The Morgan fingerprint density at radius 3 is 3.00 bits per heavy atom. The van der Waals surface area contributed by atoms with Crippen molar-refractivity contribution in [2.45, 2.75) is 31.9 Å². The summed E-state index contributed by atoms with van der Waals surface area (Å²) in [7, 11) is 0. The number of rotatable bonds is 5. The van der Waals surface area contributed by atoms with Crippen molar-refractivity contribution in [2.75, 3.05) is 31.9 Å². The average molecular weight is 439 g/mol. The predicted octanol–water partition coefficient (Wildman–Crippen LogP) is 3.70. The quantitative estimate of drug-likeness (QED) is 0.431. The molecule has 1 aliphatic heterocycles. The highest BCUT2D eigenvalue weighted by Gasteiger charge is 2.21. The Bertz CT molecular complexity index is 409. The monoisotopic (exact) mass is 439 g/mol. The van der Waals surface area contributed by atoms with Crippen molar-refractivity contribution in [1.29, 1.82) is 0 Å². The van der Waals surface area contributed by atoms with Gasteiger partial charge in [0, 0.05) is 48.5 Å². The second-order valence-electron chi connectivity index (χ2n) is 4.91. The van der Waals surface area contributed by atoms with Crippen molar-refractivity contribution in [1.82, 2.24) is 10.2 Å². The molecular formula is C15H26IN3S2. The maximum atomic E-state index is 4.81. The molecule has 0 bridgehead atoms. The van der Waals surface area contributed by atoms with Crippen LogP contribution in [0.3, 0.4) is 0 Å². The van der Waals surface area contributed by atoms with Crippen molar-refractivity contribution in [3.8, 4) is 0 Å². The molecule has 1 aliphatic rings. The lowest BCUT2D eigenvalue weighted by Gasteiger charge is -2.34. The molecule has 0 amide bonds. The third-order valence-corrected chi connectivity index (χ3v) is 5.74. The molecule has 1 atom stereocenters. The van der Waals surface area contributed by atoms with Crippen LogP contribution in [0.5, 0.6) is 0 Å². The van der Waals surface area contributed by atoms with E-state index in [0.717, 1.165) is 43.8 Å². The van der Waals surface area contributed by atoms with Crippen LogP contribution >= 0.6 is 47.1 Å². The molecule has 120 valence electrons. The summed E-state index contributed by atoms with van der Waals surface area (Å²) in [6.07, 6.45) is 2.29. The van der Waals surface area contributed by atoms with Gasteiger partial charge in [-0.25, -0.2) is 0 Å². The zero-order valence-electron chi connectivity index (χ0n) is 12.9. The lowest BCUT2D eigenvalue weighted by atomic mass is 10.3. The molecule has 1 N–H and O–H groups in total. The molecule has 3 nitrogen and oxygen atoms in total. The van der Waals surface area contributed by atoms with Crippen LogP contribution in [0.4, 0.5) is 0 Å². The third-order valence-electron chi connectivity index (χ3n) is 3.43. The summed E-state index contributed by atoms with van der Waals surface area (Å²) in [6, 6.07) is 4.31. The first kappa shape index (κ1) is 19.1. The number of hydrogen-bond acceptors (Lipinski definition) is 3. The maximum Gasteiger partial charge on any atom is 0.193 e. The number of thiophene rings is 1. The fraction of sp³-hybridized carbons (Fsp3) is 0.667. The number of thioether (sulfide) groups is 1. The Kier molecular flexibility index (Phi) is 9.75. The summed E-state index contributed by atoms with van der Waals surface area (Å²) >= 11 is 3.92. The molecule has 0 saturated carbocycles.